The van der Waals surface area contributed by atoms with Crippen molar-refractivity contribution in [2.24, 2.45) is 5.92 Å². The minimum absolute atomic E-state index is 0.190. The van der Waals surface area contributed by atoms with Gasteiger partial charge in [-0.15, -0.1) is 0 Å². The molecule has 0 aromatic heterocycles. The Labute approximate surface area is 137 Å². The van der Waals surface area contributed by atoms with Gasteiger partial charge in [0.1, 0.15) is 0 Å². The van der Waals surface area contributed by atoms with Crippen LogP contribution in [-0.2, 0) is 0 Å². The SMILES string of the molecule is O=C(c1cc(Br)ccc1Br)N1CCCC2CCCCC21. The van der Waals surface area contributed by atoms with Gasteiger partial charge >= 0.3 is 0 Å². The van der Waals surface area contributed by atoms with Crippen molar-refractivity contribution in [3.05, 3.63) is 32.7 Å². The number of nitrogens with zero attached hydrogens (tertiary/aromatic N) is 1. The average molecular weight is 401 g/mol. The Morgan fingerprint density at radius 2 is 1.85 bits per heavy atom. The molecule has 108 valence electrons. The highest BCUT2D eigenvalue weighted by Crippen LogP contribution is 2.36. The molecule has 0 radical (unpaired) electrons. The van der Waals surface area contributed by atoms with E-state index in [0.29, 0.717) is 6.04 Å². The molecule has 3 rings (SSSR count). The molecule has 1 amide bonds. The van der Waals surface area contributed by atoms with Gasteiger partial charge in [0.05, 0.1) is 5.56 Å². The Morgan fingerprint density at radius 3 is 2.70 bits per heavy atom. The molecular weight excluding hydrogens is 382 g/mol. The van der Waals surface area contributed by atoms with Crippen molar-refractivity contribution >= 4 is 37.8 Å². The molecular formula is C16H19Br2NO. The van der Waals surface area contributed by atoms with Gasteiger partial charge in [-0.25, -0.2) is 0 Å². The monoisotopic (exact) mass is 399 g/mol. The molecule has 2 unspecified atom stereocenters. The topological polar surface area (TPSA) is 20.3 Å². The molecule has 0 bridgehead atoms. The number of halogens is 2. The average Bonchev–Trinajstić information content (AvgIpc) is 2.48. The fraction of sp³-hybridized carbons (Fsp3) is 0.562. The van der Waals surface area contributed by atoms with Crippen molar-refractivity contribution in [1.82, 2.24) is 4.90 Å². The van der Waals surface area contributed by atoms with Crippen molar-refractivity contribution in [3.8, 4) is 0 Å². The molecule has 2 atom stereocenters. The zero-order chi connectivity index (χ0) is 14.1. The summed E-state index contributed by atoms with van der Waals surface area (Å²) >= 11 is 6.98. The lowest BCUT2D eigenvalue weighted by Crippen LogP contribution is -2.49. The van der Waals surface area contributed by atoms with E-state index in [9.17, 15) is 4.79 Å². The van der Waals surface area contributed by atoms with Gasteiger partial charge in [0.15, 0.2) is 0 Å². The number of hydrogen-bond donors (Lipinski definition) is 0. The zero-order valence-corrected chi connectivity index (χ0v) is 14.6. The van der Waals surface area contributed by atoms with Crippen molar-refractivity contribution in [1.29, 1.82) is 0 Å². The Hall–Kier alpha value is -0.350. The van der Waals surface area contributed by atoms with Gasteiger partial charge in [-0.1, -0.05) is 28.8 Å². The second-order valence-corrected chi connectivity index (χ2v) is 7.65. The summed E-state index contributed by atoms with van der Waals surface area (Å²) in [4.78, 5) is 15.0. The zero-order valence-electron chi connectivity index (χ0n) is 11.4. The van der Waals surface area contributed by atoms with Gasteiger partial charge in [-0.05, 0) is 65.7 Å². The van der Waals surface area contributed by atoms with Crippen LogP contribution < -0.4 is 0 Å². The predicted molar refractivity (Wildman–Crippen MR) is 87.9 cm³/mol. The molecule has 1 saturated heterocycles. The lowest BCUT2D eigenvalue weighted by Gasteiger charge is -2.44. The first-order valence-corrected chi connectivity index (χ1v) is 9.01. The van der Waals surface area contributed by atoms with Crippen LogP contribution in [0.1, 0.15) is 48.9 Å². The van der Waals surface area contributed by atoms with Crippen LogP contribution in [0.5, 0.6) is 0 Å². The highest BCUT2D eigenvalue weighted by Gasteiger charge is 2.36. The Morgan fingerprint density at radius 1 is 1.10 bits per heavy atom. The van der Waals surface area contributed by atoms with Gasteiger partial charge in [0, 0.05) is 21.5 Å². The van der Waals surface area contributed by atoms with Crippen LogP contribution in [0.2, 0.25) is 0 Å². The fourth-order valence-corrected chi connectivity index (χ4v) is 4.47. The van der Waals surface area contributed by atoms with Gasteiger partial charge < -0.3 is 4.90 Å². The summed E-state index contributed by atoms with van der Waals surface area (Å²) in [6.07, 6.45) is 7.54. The summed E-state index contributed by atoms with van der Waals surface area (Å²) in [6.45, 7) is 0.916. The molecule has 1 aliphatic heterocycles. The standard InChI is InChI=1S/C16H19Br2NO/c17-12-7-8-14(18)13(10-12)16(20)19-9-3-5-11-4-1-2-6-15(11)19/h7-8,10-11,15H,1-6,9H2. The number of carbonyl (C=O) groups excluding carboxylic acids is 1. The van der Waals surface area contributed by atoms with Crippen LogP contribution in [0.4, 0.5) is 0 Å². The van der Waals surface area contributed by atoms with E-state index in [4.69, 9.17) is 0 Å². The first kappa shape index (κ1) is 14.6. The summed E-state index contributed by atoms with van der Waals surface area (Å²) in [5.41, 5.74) is 0.783. The van der Waals surface area contributed by atoms with Crippen molar-refractivity contribution in [2.45, 2.75) is 44.6 Å². The molecule has 20 heavy (non-hydrogen) atoms. The quantitative estimate of drug-likeness (QED) is 0.648. The van der Waals surface area contributed by atoms with Gasteiger partial charge in [-0.2, -0.15) is 0 Å². The van der Waals surface area contributed by atoms with Crippen LogP contribution in [0, 0.1) is 5.92 Å². The van der Waals surface area contributed by atoms with E-state index in [2.05, 4.69) is 36.8 Å². The van der Waals surface area contributed by atoms with Crippen LogP contribution in [0.3, 0.4) is 0 Å². The highest BCUT2D eigenvalue weighted by atomic mass is 79.9. The molecule has 2 nitrogen and oxygen atoms in total. The second-order valence-electron chi connectivity index (χ2n) is 5.88. The molecule has 1 aliphatic carbocycles. The van der Waals surface area contributed by atoms with Gasteiger partial charge in [-0.3, -0.25) is 4.79 Å². The normalized spacial score (nSPS) is 26.2. The summed E-state index contributed by atoms with van der Waals surface area (Å²) in [5, 5.41) is 0. The highest BCUT2D eigenvalue weighted by molar-refractivity contribution is 9.11. The number of benzene rings is 1. The van der Waals surface area contributed by atoms with Crippen molar-refractivity contribution < 1.29 is 4.79 Å². The minimum atomic E-state index is 0.190. The van der Waals surface area contributed by atoms with Gasteiger partial charge in [0.25, 0.3) is 5.91 Å². The molecule has 1 aromatic carbocycles. The molecule has 0 spiro atoms. The molecule has 1 aromatic rings. The number of piperidine rings is 1. The van der Waals surface area contributed by atoms with E-state index in [-0.39, 0.29) is 5.91 Å². The molecule has 1 saturated carbocycles. The molecule has 2 aliphatic rings. The number of amides is 1. The summed E-state index contributed by atoms with van der Waals surface area (Å²) in [7, 11) is 0. The van der Waals surface area contributed by atoms with E-state index < -0.39 is 0 Å². The van der Waals surface area contributed by atoms with Crippen molar-refractivity contribution in [3.63, 3.8) is 0 Å². The number of likely N-dealkylation sites (tertiary alicyclic amines) is 1. The maximum absolute atomic E-state index is 12.9. The first-order valence-electron chi connectivity index (χ1n) is 7.43. The third-order valence-electron chi connectivity index (χ3n) is 4.66. The maximum atomic E-state index is 12.9. The Kier molecular flexibility index (Phi) is 4.51. The van der Waals surface area contributed by atoms with Crippen LogP contribution >= 0.6 is 31.9 Å². The van der Waals surface area contributed by atoms with E-state index >= 15 is 0 Å². The van der Waals surface area contributed by atoms with Crippen LogP contribution in [-0.4, -0.2) is 23.4 Å². The molecule has 4 heteroatoms. The molecule has 1 heterocycles. The van der Waals surface area contributed by atoms with Crippen LogP contribution in [0.15, 0.2) is 27.1 Å². The predicted octanol–water partition coefficient (Wildman–Crippen LogP) is 5.01. The second kappa shape index (κ2) is 6.18. The van der Waals surface area contributed by atoms with Crippen molar-refractivity contribution in [2.75, 3.05) is 6.54 Å². The Balaban J connectivity index is 1.87. The lowest BCUT2D eigenvalue weighted by molar-refractivity contribution is 0.0390. The number of hydrogen-bond acceptors (Lipinski definition) is 1. The van der Waals surface area contributed by atoms with E-state index in [1.807, 2.05) is 18.2 Å². The third-order valence-corrected chi connectivity index (χ3v) is 5.85. The summed E-state index contributed by atoms with van der Waals surface area (Å²) in [6, 6.07) is 6.30. The molecule has 2 fully saturated rings. The summed E-state index contributed by atoms with van der Waals surface area (Å²) < 4.78 is 1.85. The minimum Gasteiger partial charge on any atom is -0.335 e. The Bertz CT molecular complexity index is 515. The van der Waals surface area contributed by atoms with Gasteiger partial charge in [0.2, 0.25) is 0 Å². The van der Waals surface area contributed by atoms with Crippen LogP contribution in [0.25, 0.3) is 0 Å². The first-order chi connectivity index (χ1) is 9.66. The number of carbonyl (C=O) groups is 1. The summed E-state index contributed by atoms with van der Waals surface area (Å²) in [5.74, 6) is 0.919. The smallest absolute Gasteiger partial charge is 0.255 e. The number of rotatable bonds is 1. The van der Waals surface area contributed by atoms with E-state index in [1.165, 1.54) is 32.1 Å². The third kappa shape index (κ3) is 2.82. The fourth-order valence-electron chi connectivity index (χ4n) is 3.69. The van der Waals surface area contributed by atoms with E-state index in [1.54, 1.807) is 0 Å². The maximum Gasteiger partial charge on any atom is 0.255 e. The number of fused-ring (bicyclic) bond motifs is 1. The van der Waals surface area contributed by atoms with E-state index in [0.717, 1.165) is 33.4 Å². The largest absolute Gasteiger partial charge is 0.335 e. The lowest BCUT2D eigenvalue weighted by atomic mass is 9.78. The molecule has 0 N–H and O–H groups in total.